The zero-order valence-electron chi connectivity index (χ0n) is 13.5. The van der Waals surface area contributed by atoms with Crippen LogP contribution in [0.4, 0.5) is 0 Å². The number of methoxy groups -OCH3 is 1. The summed E-state index contributed by atoms with van der Waals surface area (Å²) in [5, 5.41) is 2.77. The number of hydrogen-bond donors (Lipinski definition) is 1. The van der Waals surface area contributed by atoms with Crippen LogP contribution < -0.4 is 5.32 Å². The quantitative estimate of drug-likeness (QED) is 0.805. The number of ether oxygens (including phenoxy) is 1. The average Bonchev–Trinajstić information content (AvgIpc) is 2.40. The van der Waals surface area contributed by atoms with Gasteiger partial charge in [0.2, 0.25) is 11.8 Å². The van der Waals surface area contributed by atoms with Crippen molar-refractivity contribution >= 4 is 11.8 Å². The lowest BCUT2D eigenvalue weighted by molar-refractivity contribution is -0.151. The molecule has 1 aliphatic rings. The lowest BCUT2D eigenvalue weighted by Gasteiger charge is -2.41. The van der Waals surface area contributed by atoms with Crippen molar-refractivity contribution in [3.8, 4) is 0 Å². The summed E-state index contributed by atoms with van der Waals surface area (Å²) in [5.41, 5.74) is -0.294. The molecule has 0 aromatic heterocycles. The third-order valence-electron chi connectivity index (χ3n) is 4.31. The van der Waals surface area contributed by atoms with Crippen LogP contribution in [0.5, 0.6) is 0 Å². The molecule has 0 radical (unpaired) electrons. The van der Waals surface area contributed by atoms with E-state index in [1.165, 1.54) is 0 Å². The third-order valence-corrected chi connectivity index (χ3v) is 4.31. The summed E-state index contributed by atoms with van der Waals surface area (Å²) in [5.74, 6) is 0.112. The second-order valence-electron chi connectivity index (χ2n) is 6.31. The van der Waals surface area contributed by atoms with Gasteiger partial charge >= 0.3 is 0 Å². The Hall–Kier alpha value is -1.10. The first kappa shape index (κ1) is 17.0. The van der Waals surface area contributed by atoms with E-state index in [1.54, 1.807) is 18.9 Å². The summed E-state index contributed by atoms with van der Waals surface area (Å²) in [4.78, 5) is 26.3. The maximum atomic E-state index is 12.4. The van der Waals surface area contributed by atoms with Gasteiger partial charge in [-0.05, 0) is 33.1 Å². The van der Waals surface area contributed by atoms with Gasteiger partial charge in [-0.15, -0.1) is 0 Å². The molecule has 5 nitrogen and oxygen atoms in total. The summed E-state index contributed by atoms with van der Waals surface area (Å²) in [6, 6.07) is -0.801. The van der Waals surface area contributed by atoms with Crippen LogP contribution in [0.15, 0.2) is 0 Å². The molecular formula is C15H28N2O3. The van der Waals surface area contributed by atoms with Gasteiger partial charge in [-0.3, -0.25) is 9.59 Å². The summed E-state index contributed by atoms with van der Waals surface area (Å²) >= 11 is 0. The van der Waals surface area contributed by atoms with Gasteiger partial charge in [0.25, 0.3) is 0 Å². The zero-order valence-corrected chi connectivity index (χ0v) is 13.5. The largest absolute Gasteiger partial charge is 0.379 e. The number of nitrogens with zero attached hydrogens (tertiary/aromatic N) is 1. The molecule has 0 aliphatic carbocycles. The fraction of sp³-hybridized carbons (Fsp3) is 0.867. The van der Waals surface area contributed by atoms with Crippen LogP contribution in [0.1, 0.15) is 47.5 Å². The molecule has 0 saturated carbocycles. The lowest BCUT2D eigenvalue weighted by Crippen LogP contribution is -2.64. The number of nitrogens with one attached hydrogen (secondary N) is 1. The Labute approximate surface area is 122 Å². The second-order valence-corrected chi connectivity index (χ2v) is 6.31. The predicted molar refractivity (Wildman–Crippen MR) is 78.3 cm³/mol. The van der Waals surface area contributed by atoms with Gasteiger partial charge in [0.05, 0.1) is 5.60 Å². The number of hydrogen-bond acceptors (Lipinski definition) is 3. The Morgan fingerprint density at radius 2 is 2.00 bits per heavy atom. The summed E-state index contributed by atoms with van der Waals surface area (Å²) < 4.78 is 5.40. The molecule has 1 heterocycles. The minimum atomic E-state index is -0.437. The number of carbonyl (C=O) groups is 2. The van der Waals surface area contributed by atoms with Gasteiger partial charge in [0.1, 0.15) is 12.1 Å². The molecule has 0 bridgehead atoms. The molecule has 3 atom stereocenters. The number of amides is 2. The molecule has 0 aromatic rings. The van der Waals surface area contributed by atoms with Crippen LogP contribution in [-0.2, 0) is 14.3 Å². The molecule has 1 saturated heterocycles. The van der Waals surface area contributed by atoms with E-state index in [-0.39, 0.29) is 29.4 Å². The molecule has 3 unspecified atom stereocenters. The minimum Gasteiger partial charge on any atom is -0.379 e. The van der Waals surface area contributed by atoms with E-state index in [1.807, 2.05) is 27.7 Å². The van der Waals surface area contributed by atoms with E-state index in [0.29, 0.717) is 13.0 Å². The Morgan fingerprint density at radius 3 is 2.50 bits per heavy atom. The highest BCUT2D eigenvalue weighted by Gasteiger charge is 2.41. The molecule has 1 N–H and O–H groups in total. The SMILES string of the molecule is CCC(C)C1C(=O)NC(C)C(=O)N1CCC(C)(C)OC. The van der Waals surface area contributed by atoms with Crippen LogP contribution in [0.25, 0.3) is 0 Å². The summed E-state index contributed by atoms with van der Waals surface area (Å²) in [6.45, 7) is 10.3. The lowest BCUT2D eigenvalue weighted by atomic mass is 9.92. The smallest absolute Gasteiger partial charge is 0.245 e. The van der Waals surface area contributed by atoms with Crippen LogP contribution >= 0.6 is 0 Å². The van der Waals surface area contributed by atoms with Gasteiger partial charge in [-0.25, -0.2) is 0 Å². The molecular weight excluding hydrogens is 256 g/mol. The summed E-state index contributed by atoms with van der Waals surface area (Å²) in [6.07, 6.45) is 1.58. The molecule has 20 heavy (non-hydrogen) atoms. The first-order valence-corrected chi connectivity index (χ1v) is 7.39. The van der Waals surface area contributed by atoms with Crippen LogP contribution in [0.3, 0.4) is 0 Å². The third kappa shape index (κ3) is 3.72. The van der Waals surface area contributed by atoms with Gasteiger partial charge in [-0.2, -0.15) is 0 Å². The van der Waals surface area contributed by atoms with Crippen molar-refractivity contribution in [3.63, 3.8) is 0 Å². The summed E-state index contributed by atoms with van der Waals surface area (Å²) in [7, 11) is 1.67. The molecule has 1 aliphatic heterocycles. The van der Waals surface area contributed by atoms with Crippen molar-refractivity contribution < 1.29 is 14.3 Å². The zero-order chi connectivity index (χ0) is 15.5. The number of piperazine rings is 1. The molecule has 0 aromatic carbocycles. The van der Waals surface area contributed by atoms with E-state index >= 15 is 0 Å². The molecule has 1 fully saturated rings. The van der Waals surface area contributed by atoms with Crippen LogP contribution in [0, 0.1) is 5.92 Å². The van der Waals surface area contributed by atoms with Crippen molar-refractivity contribution in [1.82, 2.24) is 10.2 Å². The van der Waals surface area contributed by atoms with E-state index in [9.17, 15) is 9.59 Å². The maximum Gasteiger partial charge on any atom is 0.245 e. The molecule has 2 amide bonds. The van der Waals surface area contributed by atoms with Crippen LogP contribution in [0.2, 0.25) is 0 Å². The highest BCUT2D eigenvalue weighted by molar-refractivity contribution is 5.96. The standard InChI is InChI=1S/C15H28N2O3/c1-7-10(2)12-13(18)16-11(3)14(19)17(12)9-8-15(4,5)20-6/h10-12H,7-9H2,1-6H3,(H,16,18). The maximum absolute atomic E-state index is 12.4. The fourth-order valence-electron chi connectivity index (χ4n) is 2.42. The van der Waals surface area contributed by atoms with E-state index in [4.69, 9.17) is 4.74 Å². The Bertz CT molecular complexity index is 368. The van der Waals surface area contributed by atoms with Gasteiger partial charge in [0.15, 0.2) is 0 Å². The fourth-order valence-corrected chi connectivity index (χ4v) is 2.42. The van der Waals surface area contributed by atoms with E-state index in [0.717, 1.165) is 6.42 Å². The normalized spacial score (nSPS) is 25.6. The Kier molecular flexibility index (Phi) is 5.57. The average molecular weight is 284 g/mol. The monoisotopic (exact) mass is 284 g/mol. The molecule has 116 valence electrons. The molecule has 1 rings (SSSR count). The minimum absolute atomic E-state index is 0.00167. The molecule has 5 heteroatoms. The Morgan fingerprint density at radius 1 is 1.40 bits per heavy atom. The molecule has 0 spiro atoms. The van der Waals surface area contributed by atoms with Crippen molar-refractivity contribution in [3.05, 3.63) is 0 Å². The van der Waals surface area contributed by atoms with Gasteiger partial charge in [0, 0.05) is 13.7 Å². The highest BCUT2D eigenvalue weighted by Crippen LogP contribution is 2.22. The Balaban J connectivity index is 2.89. The van der Waals surface area contributed by atoms with Crippen molar-refractivity contribution in [2.45, 2.75) is 65.1 Å². The van der Waals surface area contributed by atoms with Crippen molar-refractivity contribution in [2.75, 3.05) is 13.7 Å². The predicted octanol–water partition coefficient (Wildman–Crippen LogP) is 1.56. The van der Waals surface area contributed by atoms with E-state index in [2.05, 4.69) is 5.32 Å². The second kappa shape index (κ2) is 6.57. The van der Waals surface area contributed by atoms with Crippen LogP contribution in [-0.4, -0.2) is 48.1 Å². The first-order valence-electron chi connectivity index (χ1n) is 7.39. The van der Waals surface area contributed by atoms with Crippen molar-refractivity contribution in [1.29, 1.82) is 0 Å². The highest BCUT2D eigenvalue weighted by atomic mass is 16.5. The number of carbonyl (C=O) groups excluding carboxylic acids is 2. The topological polar surface area (TPSA) is 58.6 Å². The van der Waals surface area contributed by atoms with Gasteiger partial charge in [-0.1, -0.05) is 20.3 Å². The van der Waals surface area contributed by atoms with Gasteiger partial charge < -0.3 is 15.0 Å². The van der Waals surface area contributed by atoms with E-state index < -0.39 is 6.04 Å². The first-order chi connectivity index (χ1) is 9.23. The number of rotatable bonds is 6. The van der Waals surface area contributed by atoms with Crippen molar-refractivity contribution in [2.24, 2.45) is 5.92 Å².